The van der Waals surface area contributed by atoms with Gasteiger partial charge in [-0.3, -0.25) is 9.13 Å². The molecule has 1 heterocycles. The number of aromatic nitrogens is 2. The fourth-order valence-corrected chi connectivity index (χ4v) is 3.54. The van der Waals surface area contributed by atoms with Crippen LogP contribution in [0.1, 0.15) is 0 Å². The van der Waals surface area contributed by atoms with Gasteiger partial charge in [0.25, 0.3) is 6.33 Å². The first kappa shape index (κ1) is 16.3. The van der Waals surface area contributed by atoms with Crippen LogP contribution in [0.15, 0.2) is 103 Å². The lowest BCUT2D eigenvalue weighted by molar-refractivity contribution is -0.573. The van der Waals surface area contributed by atoms with E-state index in [1.54, 1.807) is 6.07 Å². The quantitative estimate of drug-likeness (QED) is 0.352. The van der Waals surface area contributed by atoms with Crippen molar-refractivity contribution in [1.29, 1.82) is 0 Å². The van der Waals surface area contributed by atoms with E-state index in [4.69, 9.17) is 0 Å². The Bertz CT molecular complexity index is 1270. The minimum atomic E-state index is 0.227. The molecular formula is C25H18N2O. The lowest BCUT2D eigenvalue weighted by Gasteiger charge is -2.07. The number of nitrogens with zero attached hydrogens (tertiary/aromatic N) is 2. The molecule has 0 atom stereocenters. The number of hydrogen-bond acceptors (Lipinski definition) is 1. The first-order valence-corrected chi connectivity index (χ1v) is 9.20. The molecule has 0 aliphatic carbocycles. The molecule has 4 aromatic carbocycles. The van der Waals surface area contributed by atoms with Gasteiger partial charge in [-0.25, -0.2) is 0 Å². The summed E-state index contributed by atoms with van der Waals surface area (Å²) in [6.45, 7) is 0. The monoisotopic (exact) mass is 362 g/mol. The fourth-order valence-electron chi connectivity index (χ4n) is 3.54. The van der Waals surface area contributed by atoms with Gasteiger partial charge in [-0.1, -0.05) is 78.9 Å². The first-order valence-electron chi connectivity index (χ1n) is 9.20. The molecular weight excluding hydrogens is 344 g/mol. The zero-order valence-corrected chi connectivity index (χ0v) is 15.2. The van der Waals surface area contributed by atoms with Crippen LogP contribution in [0, 0.1) is 6.33 Å². The molecule has 0 spiro atoms. The highest BCUT2D eigenvalue weighted by atomic mass is 16.3. The number of imidazole rings is 1. The first-order chi connectivity index (χ1) is 13.8. The maximum Gasteiger partial charge on any atom is 0.269 e. The molecule has 3 nitrogen and oxygen atoms in total. The Morgan fingerprint density at radius 2 is 1.39 bits per heavy atom. The number of benzene rings is 4. The van der Waals surface area contributed by atoms with Crippen molar-refractivity contribution in [3.05, 3.63) is 109 Å². The third kappa shape index (κ3) is 2.74. The molecule has 0 unspecified atom stereocenters. The van der Waals surface area contributed by atoms with Gasteiger partial charge in [0.2, 0.25) is 0 Å². The number of aromatic hydroxyl groups is 1. The Morgan fingerprint density at radius 3 is 2.25 bits per heavy atom. The largest absolute Gasteiger partial charge is 0.511 e. The third-order valence-electron chi connectivity index (χ3n) is 4.90. The molecule has 28 heavy (non-hydrogen) atoms. The molecule has 0 aliphatic heterocycles. The van der Waals surface area contributed by atoms with Crippen LogP contribution in [-0.4, -0.2) is 9.67 Å². The molecule has 0 fully saturated rings. The van der Waals surface area contributed by atoms with Crippen LogP contribution in [0.4, 0.5) is 0 Å². The number of rotatable bonds is 3. The molecule has 0 aliphatic rings. The van der Waals surface area contributed by atoms with Gasteiger partial charge in [0, 0.05) is 0 Å². The zero-order chi connectivity index (χ0) is 18.9. The van der Waals surface area contributed by atoms with Gasteiger partial charge in [0.1, 0.15) is 11.4 Å². The van der Waals surface area contributed by atoms with Crippen molar-refractivity contribution in [3.8, 4) is 28.3 Å². The van der Waals surface area contributed by atoms with Crippen LogP contribution in [0.5, 0.6) is 5.75 Å². The number of para-hydroxylation sites is 4. The molecule has 3 heteroatoms. The second-order valence-electron chi connectivity index (χ2n) is 6.66. The van der Waals surface area contributed by atoms with E-state index in [1.807, 2.05) is 63.7 Å². The van der Waals surface area contributed by atoms with E-state index in [0.29, 0.717) is 5.69 Å². The summed E-state index contributed by atoms with van der Waals surface area (Å²) in [7, 11) is 0. The lowest BCUT2D eigenvalue weighted by Crippen LogP contribution is -2.29. The van der Waals surface area contributed by atoms with E-state index >= 15 is 0 Å². The van der Waals surface area contributed by atoms with Crippen LogP contribution < -0.4 is 4.57 Å². The van der Waals surface area contributed by atoms with E-state index in [-0.39, 0.29) is 5.75 Å². The molecule has 1 aromatic heterocycles. The number of phenolic OH excluding ortho intramolecular Hbond substituents is 1. The summed E-state index contributed by atoms with van der Waals surface area (Å²) in [5.74, 6) is 0.227. The van der Waals surface area contributed by atoms with Crippen molar-refractivity contribution in [3.63, 3.8) is 0 Å². The summed E-state index contributed by atoms with van der Waals surface area (Å²) in [6.07, 6.45) is 3.42. The molecule has 1 N–H and O–H groups in total. The van der Waals surface area contributed by atoms with Gasteiger partial charge in [-0.05, 0) is 35.4 Å². The molecule has 0 bridgehead atoms. The van der Waals surface area contributed by atoms with Crippen LogP contribution in [0.25, 0.3) is 33.5 Å². The Balaban J connectivity index is 1.72. The molecule has 0 saturated carbocycles. The normalized spacial score (nSPS) is 11.0. The highest BCUT2D eigenvalue weighted by Crippen LogP contribution is 2.25. The van der Waals surface area contributed by atoms with E-state index in [2.05, 4.69) is 48.8 Å². The standard InChI is InChI=1S/C25H18N2O/c28-25-16-7-6-15-24(25)27-18-26(22-13-4-5-14-23(22)27)21-12-8-11-20(17-21)19-9-2-1-3-10-19/h1-17,28H. The van der Waals surface area contributed by atoms with E-state index < -0.39 is 0 Å². The summed E-state index contributed by atoms with van der Waals surface area (Å²) < 4.78 is 3.94. The Kier molecular flexibility index (Phi) is 3.91. The summed E-state index contributed by atoms with van der Waals surface area (Å²) in [4.78, 5) is 0. The summed E-state index contributed by atoms with van der Waals surface area (Å²) >= 11 is 0. The molecule has 0 saturated heterocycles. The summed E-state index contributed by atoms with van der Waals surface area (Å²) in [6, 6.07) is 34.2. The number of phenols is 1. The predicted octanol–water partition coefficient (Wildman–Crippen LogP) is 5.08. The third-order valence-corrected chi connectivity index (χ3v) is 4.90. The Labute approximate surface area is 163 Å². The van der Waals surface area contributed by atoms with Crippen molar-refractivity contribution in [2.24, 2.45) is 0 Å². The minimum absolute atomic E-state index is 0.227. The molecule has 134 valence electrons. The van der Waals surface area contributed by atoms with Crippen LogP contribution in [0.2, 0.25) is 0 Å². The second-order valence-corrected chi connectivity index (χ2v) is 6.66. The molecule has 5 aromatic rings. The van der Waals surface area contributed by atoms with Gasteiger partial charge in [0.05, 0.1) is 16.7 Å². The van der Waals surface area contributed by atoms with Crippen molar-refractivity contribution >= 4 is 11.0 Å². The maximum absolute atomic E-state index is 10.3. The molecule has 0 amide bonds. The van der Waals surface area contributed by atoms with Crippen molar-refractivity contribution in [2.75, 3.05) is 0 Å². The van der Waals surface area contributed by atoms with E-state index in [9.17, 15) is 5.11 Å². The zero-order valence-electron chi connectivity index (χ0n) is 15.2. The van der Waals surface area contributed by atoms with Gasteiger partial charge in [-0.2, -0.15) is 0 Å². The molecule has 0 radical (unpaired) electrons. The highest BCUT2D eigenvalue weighted by molar-refractivity contribution is 5.76. The maximum atomic E-state index is 10.3. The second kappa shape index (κ2) is 6.71. The smallest absolute Gasteiger partial charge is 0.269 e. The van der Waals surface area contributed by atoms with Gasteiger partial charge < -0.3 is 5.11 Å². The minimum Gasteiger partial charge on any atom is -0.511 e. The van der Waals surface area contributed by atoms with Crippen LogP contribution in [0.3, 0.4) is 0 Å². The van der Waals surface area contributed by atoms with Crippen molar-refractivity contribution in [1.82, 2.24) is 4.57 Å². The topological polar surface area (TPSA) is 29.0 Å². The Morgan fingerprint density at radius 1 is 0.679 bits per heavy atom. The van der Waals surface area contributed by atoms with E-state index in [1.165, 1.54) is 5.56 Å². The van der Waals surface area contributed by atoms with Crippen molar-refractivity contribution in [2.45, 2.75) is 0 Å². The highest BCUT2D eigenvalue weighted by Gasteiger charge is 2.14. The SMILES string of the molecule is Oc1ccccc1-[n+]1[c-]n(-c2cccc(-c3ccccc3)c2)c2ccccc21. The number of fused-ring (bicyclic) bond motifs is 1. The van der Waals surface area contributed by atoms with Gasteiger partial charge in [-0.15, -0.1) is 0 Å². The van der Waals surface area contributed by atoms with Crippen molar-refractivity contribution < 1.29 is 9.67 Å². The fraction of sp³-hybridized carbons (Fsp3) is 0. The van der Waals surface area contributed by atoms with E-state index in [0.717, 1.165) is 22.3 Å². The summed E-state index contributed by atoms with van der Waals surface area (Å²) in [5.41, 5.74) is 6.06. The predicted molar refractivity (Wildman–Crippen MR) is 111 cm³/mol. The van der Waals surface area contributed by atoms with Gasteiger partial charge in [0.15, 0.2) is 0 Å². The Hall–Kier alpha value is -3.85. The van der Waals surface area contributed by atoms with Gasteiger partial charge >= 0.3 is 0 Å². The average molecular weight is 362 g/mol. The lowest BCUT2D eigenvalue weighted by atomic mass is 10.1. The number of hydrogen-bond donors (Lipinski definition) is 1. The average Bonchev–Trinajstić information content (AvgIpc) is 3.14. The van der Waals surface area contributed by atoms with Crippen LogP contribution in [-0.2, 0) is 0 Å². The summed E-state index contributed by atoms with van der Waals surface area (Å²) in [5, 5.41) is 10.3. The molecule has 5 rings (SSSR count). The van der Waals surface area contributed by atoms with Crippen LogP contribution >= 0.6 is 0 Å².